The van der Waals surface area contributed by atoms with Crippen molar-refractivity contribution in [2.24, 2.45) is 0 Å². The molecule has 0 bridgehead atoms. The molecule has 0 unspecified atom stereocenters. The van der Waals surface area contributed by atoms with Gasteiger partial charge in [-0.15, -0.1) is 0 Å². The standard InChI is InChI=1S/C10H11BrO2/c1-7(12)10-5-9(11)4-3-8(10)6-13-2/h3-5H,6H2,1-2H3. The lowest BCUT2D eigenvalue weighted by atomic mass is 10.1. The van der Waals surface area contributed by atoms with E-state index in [1.807, 2.05) is 18.2 Å². The van der Waals surface area contributed by atoms with Gasteiger partial charge in [0.05, 0.1) is 6.61 Å². The number of ketones is 1. The van der Waals surface area contributed by atoms with E-state index in [-0.39, 0.29) is 5.78 Å². The van der Waals surface area contributed by atoms with Crippen LogP contribution in [-0.2, 0) is 11.3 Å². The second-order valence-corrected chi connectivity index (χ2v) is 3.71. The van der Waals surface area contributed by atoms with Crippen molar-refractivity contribution in [1.29, 1.82) is 0 Å². The maximum Gasteiger partial charge on any atom is 0.160 e. The van der Waals surface area contributed by atoms with Crippen molar-refractivity contribution >= 4 is 21.7 Å². The monoisotopic (exact) mass is 242 g/mol. The van der Waals surface area contributed by atoms with E-state index in [1.165, 1.54) is 0 Å². The van der Waals surface area contributed by atoms with Gasteiger partial charge in [0.1, 0.15) is 0 Å². The van der Waals surface area contributed by atoms with Crippen LogP contribution < -0.4 is 0 Å². The SMILES string of the molecule is COCc1ccc(Br)cc1C(C)=O. The molecule has 0 aliphatic rings. The molecule has 2 nitrogen and oxygen atoms in total. The maximum atomic E-state index is 11.2. The van der Waals surface area contributed by atoms with Crippen molar-refractivity contribution in [3.8, 4) is 0 Å². The number of rotatable bonds is 3. The van der Waals surface area contributed by atoms with Crippen LogP contribution in [0.3, 0.4) is 0 Å². The largest absolute Gasteiger partial charge is 0.380 e. The third-order valence-corrected chi connectivity index (χ3v) is 2.24. The van der Waals surface area contributed by atoms with Crippen LogP contribution in [0.25, 0.3) is 0 Å². The first kappa shape index (κ1) is 10.4. The van der Waals surface area contributed by atoms with Crippen molar-refractivity contribution in [2.75, 3.05) is 7.11 Å². The van der Waals surface area contributed by atoms with Gasteiger partial charge < -0.3 is 4.74 Å². The van der Waals surface area contributed by atoms with Gasteiger partial charge in [-0.2, -0.15) is 0 Å². The summed E-state index contributed by atoms with van der Waals surface area (Å²) in [7, 11) is 1.62. The Kier molecular flexibility index (Phi) is 3.63. The van der Waals surface area contributed by atoms with Crippen molar-refractivity contribution < 1.29 is 9.53 Å². The average Bonchev–Trinajstić information content (AvgIpc) is 2.08. The number of hydrogen-bond acceptors (Lipinski definition) is 2. The van der Waals surface area contributed by atoms with Crippen LogP contribution in [0, 0.1) is 0 Å². The molecule has 0 saturated heterocycles. The fourth-order valence-electron chi connectivity index (χ4n) is 1.16. The van der Waals surface area contributed by atoms with Gasteiger partial charge >= 0.3 is 0 Å². The molecule has 3 heteroatoms. The van der Waals surface area contributed by atoms with Crippen molar-refractivity contribution in [1.82, 2.24) is 0 Å². The summed E-state index contributed by atoms with van der Waals surface area (Å²) in [5, 5.41) is 0. The normalized spacial score (nSPS) is 10.1. The zero-order valence-corrected chi connectivity index (χ0v) is 9.22. The Morgan fingerprint density at radius 3 is 2.77 bits per heavy atom. The van der Waals surface area contributed by atoms with Crippen LogP contribution in [0.1, 0.15) is 22.8 Å². The molecule has 0 aliphatic heterocycles. The number of halogens is 1. The molecule has 70 valence electrons. The number of Topliss-reactive ketones (excluding diaryl/α,β-unsaturated/α-hetero) is 1. The zero-order valence-electron chi connectivity index (χ0n) is 7.63. The summed E-state index contributed by atoms with van der Waals surface area (Å²) in [5.41, 5.74) is 1.65. The average molecular weight is 243 g/mol. The Balaban J connectivity index is 3.10. The minimum absolute atomic E-state index is 0.0633. The molecule has 1 aromatic carbocycles. The van der Waals surface area contributed by atoms with Crippen LogP contribution >= 0.6 is 15.9 Å². The topological polar surface area (TPSA) is 26.3 Å². The molecule has 0 heterocycles. The number of carbonyl (C=O) groups is 1. The van der Waals surface area contributed by atoms with Gasteiger partial charge in [-0.05, 0) is 24.6 Å². The first-order valence-corrected chi connectivity index (χ1v) is 4.72. The number of methoxy groups -OCH3 is 1. The Labute approximate surface area is 86.0 Å². The number of benzene rings is 1. The van der Waals surface area contributed by atoms with Gasteiger partial charge in [-0.1, -0.05) is 22.0 Å². The molecular weight excluding hydrogens is 232 g/mol. The second kappa shape index (κ2) is 4.53. The summed E-state index contributed by atoms with van der Waals surface area (Å²) in [6.45, 7) is 2.03. The summed E-state index contributed by atoms with van der Waals surface area (Å²) in [6.07, 6.45) is 0. The third kappa shape index (κ3) is 2.64. The van der Waals surface area contributed by atoms with E-state index in [4.69, 9.17) is 4.74 Å². The molecule has 0 saturated carbocycles. The molecule has 0 spiro atoms. The molecule has 13 heavy (non-hydrogen) atoms. The smallest absolute Gasteiger partial charge is 0.160 e. The zero-order chi connectivity index (χ0) is 9.84. The summed E-state index contributed by atoms with van der Waals surface area (Å²) in [4.78, 5) is 11.2. The van der Waals surface area contributed by atoms with E-state index in [9.17, 15) is 4.79 Å². The van der Waals surface area contributed by atoms with E-state index in [0.29, 0.717) is 6.61 Å². The van der Waals surface area contributed by atoms with E-state index >= 15 is 0 Å². The first-order valence-electron chi connectivity index (χ1n) is 3.93. The number of ether oxygens (including phenoxy) is 1. The lowest BCUT2D eigenvalue weighted by molar-refractivity contribution is 0.101. The lowest BCUT2D eigenvalue weighted by Gasteiger charge is -2.05. The summed E-state index contributed by atoms with van der Waals surface area (Å²) in [5.74, 6) is 0.0633. The molecule has 0 amide bonds. The van der Waals surface area contributed by atoms with Gasteiger partial charge in [-0.25, -0.2) is 0 Å². The highest BCUT2D eigenvalue weighted by Gasteiger charge is 2.06. The minimum atomic E-state index is 0.0633. The lowest BCUT2D eigenvalue weighted by Crippen LogP contribution is -2.00. The minimum Gasteiger partial charge on any atom is -0.380 e. The molecule has 0 N–H and O–H groups in total. The molecule has 0 atom stereocenters. The van der Waals surface area contributed by atoms with Gasteiger partial charge in [0, 0.05) is 17.1 Å². The fraction of sp³-hybridized carbons (Fsp3) is 0.300. The van der Waals surface area contributed by atoms with Crippen LogP contribution in [0.15, 0.2) is 22.7 Å². The van der Waals surface area contributed by atoms with Gasteiger partial charge in [0.2, 0.25) is 0 Å². The van der Waals surface area contributed by atoms with Gasteiger partial charge in [-0.3, -0.25) is 4.79 Å². The number of hydrogen-bond donors (Lipinski definition) is 0. The fourth-order valence-corrected chi connectivity index (χ4v) is 1.52. The summed E-state index contributed by atoms with van der Waals surface area (Å²) < 4.78 is 5.91. The summed E-state index contributed by atoms with van der Waals surface area (Å²) >= 11 is 3.32. The Morgan fingerprint density at radius 1 is 1.54 bits per heavy atom. The molecule has 0 aliphatic carbocycles. The maximum absolute atomic E-state index is 11.2. The highest BCUT2D eigenvalue weighted by Crippen LogP contribution is 2.17. The van der Waals surface area contributed by atoms with Crippen LogP contribution in [0.4, 0.5) is 0 Å². The van der Waals surface area contributed by atoms with Crippen molar-refractivity contribution in [3.63, 3.8) is 0 Å². The molecule has 1 aromatic rings. The van der Waals surface area contributed by atoms with Crippen molar-refractivity contribution in [3.05, 3.63) is 33.8 Å². The predicted octanol–water partition coefficient (Wildman–Crippen LogP) is 2.80. The molecular formula is C10H11BrO2. The highest BCUT2D eigenvalue weighted by atomic mass is 79.9. The van der Waals surface area contributed by atoms with Crippen molar-refractivity contribution in [2.45, 2.75) is 13.5 Å². The van der Waals surface area contributed by atoms with E-state index in [2.05, 4.69) is 15.9 Å². The van der Waals surface area contributed by atoms with Crippen LogP contribution in [-0.4, -0.2) is 12.9 Å². The number of carbonyl (C=O) groups excluding carboxylic acids is 1. The predicted molar refractivity (Wildman–Crippen MR) is 54.9 cm³/mol. The quantitative estimate of drug-likeness (QED) is 0.763. The Bertz CT molecular complexity index is 321. The highest BCUT2D eigenvalue weighted by molar-refractivity contribution is 9.10. The molecule has 1 rings (SSSR count). The van der Waals surface area contributed by atoms with E-state index in [1.54, 1.807) is 14.0 Å². The van der Waals surface area contributed by atoms with E-state index in [0.717, 1.165) is 15.6 Å². The molecule has 0 fully saturated rings. The van der Waals surface area contributed by atoms with Crippen LogP contribution in [0.2, 0.25) is 0 Å². The molecule has 0 aromatic heterocycles. The third-order valence-electron chi connectivity index (χ3n) is 1.75. The second-order valence-electron chi connectivity index (χ2n) is 2.79. The Hall–Kier alpha value is -0.670. The summed E-state index contributed by atoms with van der Waals surface area (Å²) in [6, 6.07) is 5.61. The van der Waals surface area contributed by atoms with E-state index < -0.39 is 0 Å². The molecule has 0 radical (unpaired) electrons. The first-order chi connectivity index (χ1) is 6.15. The van der Waals surface area contributed by atoms with Gasteiger partial charge in [0.25, 0.3) is 0 Å². The van der Waals surface area contributed by atoms with Crippen LogP contribution in [0.5, 0.6) is 0 Å². The van der Waals surface area contributed by atoms with Gasteiger partial charge in [0.15, 0.2) is 5.78 Å². The Morgan fingerprint density at radius 2 is 2.23 bits per heavy atom.